The fourth-order valence-electron chi connectivity index (χ4n) is 3.11. The highest BCUT2D eigenvalue weighted by Gasteiger charge is 2.20. The fourth-order valence-corrected chi connectivity index (χ4v) is 4.34. The van der Waals surface area contributed by atoms with Crippen LogP contribution in [-0.2, 0) is 12.8 Å². The Balaban J connectivity index is 1.79. The standard InChI is InChI=1S/C17H15N3O3S/c21-12-6-5-9(7-11(12)17(22)23)20-15-14-10-3-1-2-4-13(10)24-16(14)19-8-18-15/h5-8,21H,1-4H2,(H,22,23)(H,18,19,20). The number of thiophene rings is 1. The van der Waals surface area contributed by atoms with Gasteiger partial charge < -0.3 is 15.5 Å². The van der Waals surface area contributed by atoms with Gasteiger partial charge in [-0.2, -0.15) is 0 Å². The van der Waals surface area contributed by atoms with Gasteiger partial charge in [-0.1, -0.05) is 0 Å². The minimum Gasteiger partial charge on any atom is -0.507 e. The number of carboxylic acid groups (broad SMARTS) is 1. The molecule has 2 heterocycles. The van der Waals surface area contributed by atoms with E-state index in [2.05, 4.69) is 15.3 Å². The monoisotopic (exact) mass is 341 g/mol. The number of phenols is 1. The molecule has 24 heavy (non-hydrogen) atoms. The number of hydrogen-bond acceptors (Lipinski definition) is 6. The van der Waals surface area contributed by atoms with Crippen molar-refractivity contribution in [2.24, 2.45) is 0 Å². The van der Waals surface area contributed by atoms with Crippen LogP contribution < -0.4 is 5.32 Å². The molecule has 7 heteroatoms. The number of rotatable bonds is 3. The molecule has 0 fully saturated rings. The Morgan fingerprint density at radius 1 is 1.21 bits per heavy atom. The third kappa shape index (κ3) is 2.46. The van der Waals surface area contributed by atoms with Crippen LogP contribution >= 0.6 is 11.3 Å². The summed E-state index contributed by atoms with van der Waals surface area (Å²) in [6, 6.07) is 4.41. The van der Waals surface area contributed by atoms with E-state index in [1.165, 1.54) is 35.3 Å². The van der Waals surface area contributed by atoms with E-state index in [0.29, 0.717) is 11.5 Å². The van der Waals surface area contributed by atoms with E-state index in [1.54, 1.807) is 17.4 Å². The summed E-state index contributed by atoms with van der Waals surface area (Å²) in [6.07, 6.45) is 5.99. The molecular formula is C17H15N3O3S. The molecule has 0 atom stereocenters. The first kappa shape index (κ1) is 14.9. The lowest BCUT2D eigenvalue weighted by Gasteiger charge is -2.13. The Labute approximate surface area is 141 Å². The smallest absolute Gasteiger partial charge is 0.339 e. The van der Waals surface area contributed by atoms with Crippen molar-refractivity contribution < 1.29 is 15.0 Å². The number of nitrogens with zero attached hydrogens (tertiary/aromatic N) is 2. The SMILES string of the molecule is O=C(O)c1cc(Nc2ncnc3sc4c(c23)CCCC4)ccc1O. The molecule has 6 nitrogen and oxygen atoms in total. The lowest BCUT2D eigenvalue weighted by Crippen LogP contribution is -2.02. The Kier molecular flexibility index (Phi) is 3.57. The van der Waals surface area contributed by atoms with E-state index in [1.807, 2.05) is 0 Å². The molecular weight excluding hydrogens is 326 g/mol. The molecule has 0 saturated carbocycles. The number of benzene rings is 1. The number of aromatic carboxylic acids is 1. The minimum atomic E-state index is -1.17. The molecule has 1 aliphatic rings. The molecule has 1 aromatic carbocycles. The van der Waals surface area contributed by atoms with Crippen molar-refractivity contribution >= 4 is 39.0 Å². The van der Waals surface area contributed by atoms with Gasteiger partial charge in [-0.25, -0.2) is 14.8 Å². The Morgan fingerprint density at radius 3 is 2.88 bits per heavy atom. The maximum Gasteiger partial charge on any atom is 0.339 e. The van der Waals surface area contributed by atoms with Crippen molar-refractivity contribution in [3.63, 3.8) is 0 Å². The lowest BCUT2D eigenvalue weighted by atomic mass is 9.97. The van der Waals surface area contributed by atoms with Gasteiger partial charge in [0.1, 0.15) is 28.3 Å². The minimum absolute atomic E-state index is 0.141. The summed E-state index contributed by atoms with van der Waals surface area (Å²) in [7, 11) is 0. The summed E-state index contributed by atoms with van der Waals surface area (Å²) < 4.78 is 0. The van der Waals surface area contributed by atoms with Crippen LogP contribution in [0.1, 0.15) is 33.6 Å². The van der Waals surface area contributed by atoms with Crippen LogP contribution in [0.2, 0.25) is 0 Å². The van der Waals surface area contributed by atoms with E-state index in [4.69, 9.17) is 5.11 Å². The van der Waals surface area contributed by atoms with E-state index in [0.717, 1.165) is 29.5 Å². The van der Waals surface area contributed by atoms with Crippen molar-refractivity contribution in [2.75, 3.05) is 5.32 Å². The Hall–Kier alpha value is -2.67. The predicted molar refractivity (Wildman–Crippen MR) is 92.4 cm³/mol. The second-order valence-corrected chi connectivity index (χ2v) is 6.86. The maximum atomic E-state index is 11.2. The van der Waals surface area contributed by atoms with Gasteiger partial charge in [0.2, 0.25) is 0 Å². The van der Waals surface area contributed by atoms with E-state index < -0.39 is 5.97 Å². The third-order valence-electron chi connectivity index (χ3n) is 4.24. The normalized spacial score (nSPS) is 13.7. The van der Waals surface area contributed by atoms with E-state index in [9.17, 15) is 9.90 Å². The zero-order chi connectivity index (χ0) is 16.7. The van der Waals surface area contributed by atoms with Crippen LogP contribution in [0.25, 0.3) is 10.2 Å². The van der Waals surface area contributed by atoms with Gasteiger partial charge in [-0.3, -0.25) is 0 Å². The van der Waals surface area contributed by atoms with Gasteiger partial charge in [0.15, 0.2) is 0 Å². The summed E-state index contributed by atoms with van der Waals surface area (Å²) in [5.41, 5.74) is 1.74. The zero-order valence-corrected chi connectivity index (χ0v) is 13.6. The average Bonchev–Trinajstić information content (AvgIpc) is 2.96. The second kappa shape index (κ2) is 5.76. The summed E-state index contributed by atoms with van der Waals surface area (Å²) in [6.45, 7) is 0. The average molecular weight is 341 g/mol. The maximum absolute atomic E-state index is 11.2. The lowest BCUT2D eigenvalue weighted by molar-refractivity contribution is 0.0694. The number of anilines is 2. The third-order valence-corrected chi connectivity index (χ3v) is 5.44. The van der Waals surface area contributed by atoms with Crippen molar-refractivity contribution in [3.05, 3.63) is 40.5 Å². The van der Waals surface area contributed by atoms with Gasteiger partial charge in [0, 0.05) is 10.6 Å². The predicted octanol–water partition coefficient (Wildman–Crippen LogP) is 3.72. The first-order valence-corrected chi connectivity index (χ1v) is 8.53. The van der Waals surface area contributed by atoms with Crippen LogP contribution in [0.4, 0.5) is 11.5 Å². The molecule has 0 radical (unpaired) electrons. The molecule has 3 aromatic rings. The van der Waals surface area contributed by atoms with Crippen molar-refractivity contribution in [1.82, 2.24) is 9.97 Å². The molecule has 0 amide bonds. The Morgan fingerprint density at radius 2 is 2.04 bits per heavy atom. The topological polar surface area (TPSA) is 95.3 Å². The molecule has 4 rings (SSSR count). The van der Waals surface area contributed by atoms with Crippen LogP contribution in [0, 0.1) is 0 Å². The van der Waals surface area contributed by atoms with Crippen molar-refractivity contribution in [2.45, 2.75) is 25.7 Å². The number of fused-ring (bicyclic) bond motifs is 3. The van der Waals surface area contributed by atoms with Crippen LogP contribution in [-0.4, -0.2) is 26.2 Å². The van der Waals surface area contributed by atoms with Crippen LogP contribution in [0.3, 0.4) is 0 Å². The molecule has 3 N–H and O–H groups in total. The number of aryl methyl sites for hydroxylation is 2. The van der Waals surface area contributed by atoms with Gasteiger partial charge >= 0.3 is 5.97 Å². The second-order valence-electron chi connectivity index (χ2n) is 5.78. The summed E-state index contributed by atoms with van der Waals surface area (Å²) in [5.74, 6) is -0.743. The van der Waals surface area contributed by atoms with Gasteiger partial charge in [0.25, 0.3) is 0 Å². The number of carboxylic acids is 1. The number of aromatic nitrogens is 2. The zero-order valence-electron chi connectivity index (χ0n) is 12.7. The van der Waals surface area contributed by atoms with Crippen LogP contribution in [0.15, 0.2) is 24.5 Å². The number of hydrogen-bond donors (Lipinski definition) is 3. The molecule has 2 aromatic heterocycles. The highest BCUT2D eigenvalue weighted by molar-refractivity contribution is 7.19. The Bertz CT molecular complexity index is 952. The number of aromatic hydroxyl groups is 1. The van der Waals surface area contributed by atoms with Crippen LogP contribution in [0.5, 0.6) is 5.75 Å². The molecule has 122 valence electrons. The summed E-state index contributed by atoms with van der Waals surface area (Å²) in [4.78, 5) is 22.2. The van der Waals surface area contributed by atoms with Gasteiger partial charge in [-0.05, 0) is 49.4 Å². The summed E-state index contributed by atoms with van der Waals surface area (Å²) >= 11 is 1.71. The van der Waals surface area contributed by atoms with Gasteiger partial charge in [-0.15, -0.1) is 11.3 Å². The molecule has 1 aliphatic carbocycles. The highest BCUT2D eigenvalue weighted by Crippen LogP contribution is 2.39. The molecule has 0 aliphatic heterocycles. The largest absolute Gasteiger partial charge is 0.507 e. The number of carbonyl (C=O) groups is 1. The summed E-state index contributed by atoms with van der Waals surface area (Å²) in [5, 5.41) is 23.0. The fraction of sp³-hybridized carbons (Fsp3) is 0.235. The molecule has 0 spiro atoms. The quantitative estimate of drug-likeness (QED) is 0.629. The molecule has 0 saturated heterocycles. The molecule has 0 unspecified atom stereocenters. The first-order valence-electron chi connectivity index (χ1n) is 7.72. The first-order chi connectivity index (χ1) is 11.6. The van der Waals surface area contributed by atoms with Crippen molar-refractivity contribution in [1.29, 1.82) is 0 Å². The number of nitrogens with one attached hydrogen (secondary N) is 1. The van der Waals surface area contributed by atoms with E-state index in [-0.39, 0.29) is 11.3 Å². The molecule has 0 bridgehead atoms. The van der Waals surface area contributed by atoms with Crippen molar-refractivity contribution in [3.8, 4) is 5.75 Å². The van der Waals surface area contributed by atoms with E-state index >= 15 is 0 Å². The van der Waals surface area contributed by atoms with Gasteiger partial charge in [0.05, 0.1) is 5.39 Å². The highest BCUT2D eigenvalue weighted by atomic mass is 32.1.